The molecule has 0 aliphatic carbocycles. The van der Waals surface area contributed by atoms with Crippen LogP contribution in [-0.2, 0) is 4.74 Å². The summed E-state index contributed by atoms with van der Waals surface area (Å²) in [4.78, 5) is 17.6. The molecule has 1 aromatic carbocycles. The van der Waals surface area contributed by atoms with E-state index >= 15 is 0 Å². The smallest absolute Gasteiger partial charge is 0.272 e. The third kappa shape index (κ3) is 3.43. The number of aromatic nitrogens is 2. The molecule has 2 N–H and O–H groups in total. The molecular formula is C20H20ClN3O3. The summed E-state index contributed by atoms with van der Waals surface area (Å²) in [6, 6.07) is 13.0. The predicted molar refractivity (Wildman–Crippen MR) is 103 cm³/mol. The van der Waals surface area contributed by atoms with E-state index in [0.29, 0.717) is 48.1 Å². The summed E-state index contributed by atoms with van der Waals surface area (Å²) < 4.78 is 7.23. The summed E-state index contributed by atoms with van der Waals surface area (Å²) in [5, 5.41) is 13.5. The lowest BCUT2D eigenvalue weighted by atomic mass is 9.91. The average molecular weight is 386 g/mol. The highest BCUT2D eigenvalue weighted by molar-refractivity contribution is 6.30. The van der Waals surface area contributed by atoms with Gasteiger partial charge in [0.15, 0.2) is 5.69 Å². The molecule has 1 aliphatic heterocycles. The second-order valence-corrected chi connectivity index (χ2v) is 7.19. The van der Waals surface area contributed by atoms with Crippen LogP contribution in [0.2, 0.25) is 5.02 Å². The van der Waals surface area contributed by atoms with Gasteiger partial charge in [0.2, 0.25) is 0 Å². The number of ether oxygens (including phenoxy) is 1. The van der Waals surface area contributed by atoms with E-state index in [-0.39, 0.29) is 12.5 Å². The van der Waals surface area contributed by atoms with Gasteiger partial charge in [-0.05, 0) is 37.1 Å². The molecule has 0 spiro atoms. The van der Waals surface area contributed by atoms with Crippen LogP contribution in [0.25, 0.3) is 16.9 Å². The summed E-state index contributed by atoms with van der Waals surface area (Å²) in [5.74, 6) is 0.339. The van der Waals surface area contributed by atoms with Crippen LogP contribution in [0.15, 0.2) is 48.7 Å². The Hall–Kier alpha value is -2.41. The Morgan fingerprint density at radius 3 is 2.81 bits per heavy atom. The highest BCUT2D eigenvalue weighted by atomic mass is 35.5. The zero-order chi connectivity index (χ0) is 18.9. The maximum atomic E-state index is 13.0. The molecule has 1 aliphatic rings. The van der Waals surface area contributed by atoms with Crippen molar-refractivity contribution >= 4 is 23.0 Å². The Morgan fingerprint density at radius 1 is 1.26 bits per heavy atom. The Bertz CT molecular complexity index is 980. The minimum absolute atomic E-state index is 0.130. The van der Waals surface area contributed by atoms with E-state index in [0.717, 1.165) is 5.56 Å². The number of rotatable bonds is 4. The van der Waals surface area contributed by atoms with Crippen molar-refractivity contribution in [2.45, 2.75) is 18.4 Å². The van der Waals surface area contributed by atoms with Crippen molar-refractivity contribution in [3.63, 3.8) is 0 Å². The van der Waals surface area contributed by atoms with Gasteiger partial charge in [-0.15, -0.1) is 0 Å². The molecule has 140 valence electrons. The van der Waals surface area contributed by atoms with E-state index in [1.807, 2.05) is 47.0 Å². The molecule has 6 nitrogen and oxygen atoms in total. The molecule has 3 heterocycles. The lowest BCUT2D eigenvalue weighted by Gasteiger charge is -2.36. The fourth-order valence-corrected chi connectivity index (χ4v) is 3.61. The van der Waals surface area contributed by atoms with Crippen LogP contribution in [-0.4, -0.2) is 45.8 Å². The van der Waals surface area contributed by atoms with Gasteiger partial charge in [-0.2, -0.15) is 0 Å². The molecule has 0 radical (unpaired) electrons. The number of halogens is 1. The molecular weight excluding hydrogens is 366 g/mol. The standard InChI is InChI=1S/C20H20ClN3O3/c21-15-5-3-4-14(12-15)18-22-17(16-6-1-2-9-24(16)18)19(26)23-20(13-25)7-10-27-11-8-20/h1-6,9,12,25H,7-8,10-11,13H2,(H,23,26). The van der Waals surface area contributed by atoms with E-state index in [9.17, 15) is 9.90 Å². The number of fused-ring (bicyclic) bond motifs is 1. The molecule has 1 amide bonds. The Morgan fingerprint density at radius 2 is 2.07 bits per heavy atom. The predicted octanol–water partition coefficient (Wildman–Crippen LogP) is 2.93. The zero-order valence-electron chi connectivity index (χ0n) is 14.7. The molecule has 2 aromatic heterocycles. The maximum Gasteiger partial charge on any atom is 0.272 e. The first-order chi connectivity index (χ1) is 13.1. The van der Waals surface area contributed by atoms with Gasteiger partial charge in [0.25, 0.3) is 5.91 Å². The Labute approximate surface area is 161 Å². The number of amides is 1. The fourth-order valence-electron chi connectivity index (χ4n) is 3.42. The van der Waals surface area contributed by atoms with Crippen molar-refractivity contribution in [1.29, 1.82) is 0 Å². The van der Waals surface area contributed by atoms with Crippen molar-refractivity contribution in [2.24, 2.45) is 0 Å². The van der Waals surface area contributed by atoms with Crippen molar-refractivity contribution in [1.82, 2.24) is 14.7 Å². The normalized spacial score (nSPS) is 16.4. The third-order valence-corrected chi connectivity index (χ3v) is 5.21. The van der Waals surface area contributed by atoms with Crippen LogP contribution < -0.4 is 5.32 Å². The number of aliphatic hydroxyl groups is 1. The monoisotopic (exact) mass is 385 g/mol. The van der Waals surface area contributed by atoms with Gasteiger partial charge >= 0.3 is 0 Å². The van der Waals surface area contributed by atoms with Gasteiger partial charge in [-0.1, -0.05) is 29.8 Å². The molecule has 27 heavy (non-hydrogen) atoms. The van der Waals surface area contributed by atoms with E-state index in [4.69, 9.17) is 16.3 Å². The van der Waals surface area contributed by atoms with E-state index < -0.39 is 5.54 Å². The van der Waals surface area contributed by atoms with Gasteiger partial charge < -0.3 is 15.2 Å². The second-order valence-electron chi connectivity index (χ2n) is 6.76. The molecule has 4 rings (SSSR count). The number of aliphatic hydroxyl groups excluding tert-OH is 1. The van der Waals surface area contributed by atoms with Crippen LogP contribution >= 0.6 is 11.6 Å². The van der Waals surface area contributed by atoms with E-state index in [1.165, 1.54) is 0 Å². The molecule has 3 aromatic rings. The molecule has 1 fully saturated rings. The second kappa shape index (κ2) is 7.31. The Balaban J connectivity index is 1.75. The third-order valence-electron chi connectivity index (χ3n) is 4.98. The van der Waals surface area contributed by atoms with Gasteiger partial charge in [0, 0.05) is 30.0 Å². The lowest BCUT2D eigenvalue weighted by molar-refractivity contribution is 0.0125. The Kier molecular flexibility index (Phi) is 4.86. The zero-order valence-corrected chi connectivity index (χ0v) is 15.4. The van der Waals surface area contributed by atoms with Gasteiger partial charge in [-0.25, -0.2) is 4.98 Å². The quantitative estimate of drug-likeness (QED) is 0.724. The number of carbonyl (C=O) groups is 1. The summed E-state index contributed by atoms with van der Waals surface area (Å²) >= 11 is 6.13. The SMILES string of the molecule is O=C(NC1(CO)CCOCC1)c1nc(-c2cccc(Cl)c2)n2ccccc12. The van der Waals surface area contributed by atoms with Gasteiger partial charge in [0.05, 0.1) is 17.7 Å². The number of carbonyl (C=O) groups excluding carboxylic acids is 1. The highest BCUT2D eigenvalue weighted by Crippen LogP contribution is 2.26. The topological polar surface area (TPSA) is 75.9 Å². The maximum absolute atomic E-state index is 13.0. The van der Waals surface area contributed by atoms with Crippen LogP contribution in [0.3, 0.4) is 0 Å². The highest BCUT2D eigenvalue weighted by Gasteiger charge is 2.35. The molecule has 7 heteroatoms. The number of nitrogens with zero attached hydrogens (tertiary/aromatic N) is 2. The molecule has 0 unspecified atom stereocenters. The largest absolute Gasteiger partial charge is 0.394 e. The molecule has 0 atom stereocenters. The van der Waals surface area contributed by atoms with Crippen LogP contribution in [0.4, 0.5) is 0 Å². The van der Waals surface area contributed by atoms with Crippen molar-refractivity contribution in [3.8, 4) is 11.4 Å². The summed E-state index contributed by atoms with van der Waals surface area (Å²) in [6.45, 7) is 0.895. The minimum atomic E-state index is -0.670. The van der Waals surface area contributed by atoms with Gasteiger partial charge in [-0.3, -0.25) is 9.20 Å². The fraction of sp³-hybridized carbons (Fsp3) is 0.300. The number of nitrogens with one attached hydrogen (secondary N) is 1. The first kappa shape index (κ1) is 18.0. The minimum Gasteiger partial charge on any atom is -0.394 e. The number of hydrogen-bond donors (Lipinski definition) is 2. The average Bonchev–Trinajstić information content (AvgIpc) is 3.09. The first-order valence-electron chi connectivity index (χ1n) is 8.86. The summed E-state index contributed by atoms with van der Waals surface area (Å²) in [6.07, 6.45) is 3.01. The number of pyridine rings is 1. The summed E-state index contributed by atoms with van der Waals surface area (Å²) in [7, 11) is 0. The molecule has 0 bridgehead atoms. The number of imidazole rings is 1. The van der Waals surface area contributed by atoms with Crippen molar-refractivity contribution in [3.05, 3.63) is 59.4 Å². The van der Waals surface area contributed by atoms with Crippen LogP contribution in [0.1, 0.15) is 23.3 Å². The van der Waals surface area contributed by atoms with Crippen molar-refractivity contribution in [2.75, 3.05) is 19.8 Å². The molecule has 1 saturated heterocycles. The van der Waals surface area contributed by atoms with Gasteiger partial charge in [0.1, 0.15) is 5.82 Å². The lowest BCUT2D eigenvalue weighted by Crippen LogP contribution is -2.54. The summed E-state index contributed by atoms with van der Waals surface area (Å²) in [5.41, 5.74) is 1.18. The van der Waals surface area contributed by atoms with E-state index in [2.05, 4.69) is 10.3 Å². The number of benzene rings is 1. The van der Waals surface area contributed by atoms with Crippen molar-refractivity contribution < 1.29 is 14.6 Å². The first-order valence-corrected chi connectivity index (χ1v) is 9.24. The van der Waals surface area contributed by atoms with E-state index in [1.54, 1.807) is 6.07 Å². The molecule has 0 saturated carbocycles. The van der Waals surface area contributed by atoms with Crippen LogP contribution in [0, 0.1) is 0 Å². The number of hydrogen-bond acceptors (Lipinski definition) is 4. The van der Waals surface area contributed by atoms with Crippen LogP contribution in [0.5, 0.6) is 0 Å².